The van der Waals surface area contributed by atoms with Gasteiger partial charge in [0.05, 0.1) is 0 Å². The van der Waals surface area contributed by atoms with Crippen LogP contribution in [0.2, 0.25) is 0 Å². The summed E-state index contributed by atoms with van der Waals surface area (Å²) in [6.45, 7) is 2.36. The monoisotopic (exact) mass is 235 g/mol. The van der Waals surface area contributed by atoms with E-state index in [1.807, 2.05) is 0 Å². The zero-order valence-corrected chi connectivity index (χ0v) is 11.4. The lowest BCUT2D eigenvalue weighted by Crippen LogP contribution is -2.37. The summed E-state index contributed by atoms with van der Waals surface area (Å²) in [7, 11) is 0. The van der Waals surface area contributed by atoms with Gasteiger partial charge in [-0.25, -0.2) is 0 Å². The molecule has 98 valence electrons. The Labute approximate surface area is 107 Å². The van der Waals surface area contributed by atoms with E-state index in [0.717, 1.165) is 29.6 Å². The number of hydrogen-bond acceptors (Lipinski definition) is 1. The van der Waals surface area contributed by atoms with Gasteiger partial charge in [0, 0.05) is 6.04 Å². The summed E-state index contributed by atoms with van der Waals surface area (Å²) in [4.78, 5) is 0. The van der Waals surface area contributed by atoms with Crippen LogP contribution in [0.5, 0.6) is 0 Å². The van der Waals surface area contributed by atoms with Gasteiger partial charge >= 0.3 is 0 Å². The predicted molar refractivity (Wildman–Crippen MR) is 72.7 cm³/mol. The van der Waals surface area contributed by atoms with Gasteiger partial charge in [-0.2, -0.15) is 0 Å². The normalized spacial score (nSPS) is 49.8. The molecule has 0 aliphatic heterocycles. The third-order valence-corrected chi connectivity index (χ3v) is 6.22. The van der Waals surface area contributed by atoms with Crippen LogP contribution in [0.4, 0.5) is 0 Å². The van der Waals surface area contributed by atoms with Crippen molar-refractivity contribution in [2.75, 3.05) is 0 Å². The van der Waals surface area contributed by atoms with E-state index < -0.39 is 0 Å². The quantitative estimate of drug-likeness (QED) is 0.787. The van der Waals surface area contributed by atoms with E-state index in [1.165, 1.54) is 44.9 Å². The number of fused-ring (bicyclic) bond motifs is 2. The maximum absolute atomic E-state index is 6.37. The van der Waals surface area contributed by atoms with Crippen LogP contribution in [-0.2, 0) is 0 Å². The number of nitrogens with two attached hydrogens (primary N) is 1. The van der Waals surface area contributed by atoms with E-state index in [2.05, 4.69) is 6.92 Å². The average Bonchev–Trinajstić information content (AvgIpc) is 2.94. The average molecular weight is 235 g/mol. The lowest BCUT2D eigenvalue weighted by atomic mass is 9.71. The third kappa shape index (κ3) is 2.41. The maximum Gasteiger partial charge on any atom is 0.00674 e. The first-order valence-corrected chi connectivity index (χ1v) is 8.01. The molecule has 0 aromatic carbocycles. The molecule has 1 nitrogen and oxygen atoms in total. The Morgan fingerprint density at radius 3 is 2.47 bits per heavy atom. The van der Waals surface area contributed by atoms with Crippen molar-refractivity contribution in [1.82, 2.24) is 0 Å². The minimum atomic E-state index is 0.525. The molecule has 6 unspecified atom stereocenters. The molecule has 0 spiro atoms. The highest BCUT2D eigenvalue weighted by atomic mass is 14.7. The van der Waals surface area contributed by atoms with E-state index in [-0.39, 0.29) is 0 Å². The fourth-order valence-electron chi connectivity index (χ4n) is 5.08. The van der Waals surface area contributed by atoms with Gasteiger partial charge in [0.1, 0.15) is 0 Å². The van der Waals surface area contributed by atoms with Crippen molar-refractivity contribution >= 4 is 0 Å². The van der Waals surface area contributed by atoms with E-state index in [0.29, 0.717) is 6.04 Å². The fourth-order valence-corrected chi connectivity index (χ4v) is 5.08. The second-order valence-corrected chi connectivity index (χ2v) is 7.18. The largest absolute Gasteiger partial charge is 0.327 e. The minimum absolute atomic E-state index is 0.525. The summed E-state index contributed by atoms with van der Waals surface area (Å²) in [5, 5.41) is 0. The van der Waals surface area contributed by atoms with Gasteiger partial charge in [-0.15, -0.1) is 0 Å². The van der Waals surface area contributed by atoms with Gasteiger partial charge < -0.3 is 5.73 Å². The lowest BCUT2D eigenvalue weighted by molar-refractivity contribution is 0.170. The molecule has 3 rings (SSSR count). The van der Waals surface area contributed by atoms with Gasteiger partial charge in [-0.3, -0.25) is 0 Å². The fraction of sp³-hybridized carbons (Fsp3) is 1.00. The van der Waals surface area contributed by atoms with Crippen LogP contribution in [0.1, 0.15) is 64.7 Å². The Kier molecular flexibility index (Phi) is 3.47. The second kappa shape index (κ2) is 4.91. The van der Waals surface area contributed by atoms with Crippen LogP contribution >= 0.6 is 0 Å². The van der Waals surface area contributed by atoms with Gasteiger partial charge in [-0.1, -0.05) is 19.8 Å². The molecule has 0 aromatic rings. The molecular weight excluding hydrogens is 206 g/mol. The van der Waals surface area contributed by atoms with Crippen molar-refractivity contribution in [3.63, 3.8) is 0 Å². The highest BCUT2D eigenvalue weighted by Crippen LogP contribution is 2.51. The van der Waals surface area contributed by atoms with Crippen molar-refractivity contribution < 1.29 is 0 Å². The lowest BCUT2D eigenvalue weighted by Gasteiger charge is -2.36. The minimum Gasteiger partial charge on any atom is -0.327 e. The molecule has 6 atom stereocenters. The Bertz CT molecular complexity index is 262. The first kappa shape index (κ1) is 12.0. The summed E-state index contributed by atoms with van der Waals surface area (Å²) in [6, 6.07) is 0.525. The molecule has 2 N–H and O–H groups in total. The van der Waals surface area contributed by atoms with Gasteiger partial charge in [-0.05, 0) is 74.5 Å². The summed E-state index contributed by atoms with van der Waals surface area (Å²) in [5.41, 5.74) is 6.37. The van der Waals surface area contributed by atoms with Crippen molar-refractivity contribution in [3.8, 4) is 0 Å². The highest BCUT2D eigenvalue weighted by Gasteiger charge is 2.41. The summed E-state index contributed by atoms with van der Waals surface area (Å²) < 4.78 is 0. The first-order valence-electron chi connectivity index (χ1n) is 8.01. The Hall–Kier alpha value is -0.0400. The SMILES string of the molecule is CCC1CCC(N)C(CC2CC3CCC2C3)C1. The summed E-state index contributed by atoms with van der Waals surface area (Å²) in [5.74, 6) is 5.10. The van der Waals surface area contributed by atoms with Crippen molar-refractivity contribution in [2.24, 2.45) is 35.3 Å². The predicted octanol–water partition coefficient (Wildman–Crippen LogP) is 3.97. The van der Waals surface area contributed by atoms with E-state index in [4.69, 9.17) is 5.73 Å². The van der Waals surface area contributed by atoms with E-state index in [1.54, 1.807) is 12.8 Å². The van der Waals surface area contributed by atoms with Gasteiger partial charge in [0.25, 0.3) is 0 Å². The second-order valence-electron chi connectivity index (χ2n) is 7.18. The molecule has 1 heteroatoms. The Morgan fingerprint density at radius 1 is 0.941 bits per heavy atom. The molecule has 0 radical (unpaired) electrons. The van der Waals surface area contributed by atoms with Gasteiger partial charge in [0.15, 0.2) is 0 Å². The summed E-state index contributed by atoms with van der Waals surface area (Å²) >= 11 is 0. The molecule has 17 heavy (non-hydrogen) atoms. The topological polar surface area (TPSA) is 26.0 Å². The zero-order valence-electron chi connectivity index (χ0n) is 11.4. The van der Waals surface area contributed by atoms with Crippen LogP contribution in [0.3, 0.4) is 0 Å². The molecule has 3 aliphatic carbocycles. The van der Waals surface area contributed by atoms with Crippen molar-refractivity contribution in [1.29, 1.82) is 0 Å². The number of rotatable bonds is 3. The van der Waals surface area contributed by atoms with Crippen LogP contribution in [0.25, 0.3) is 0 Å². The maximum atomic E-state index is 6.37. The molecule has 2 bridgehead atoms. The third-order valence-electron chi connectivity index (χ3n) is 6.22. The molecule has 0 heterocycles. The van der Waals surface area contributed by atoms with Crippen LogP contribution < -0.4 is 5.73 Å². The molecule has 3 fully saturated rings. The zero-order chi connectivity index (χ0) is 11.8. The van der Waals surface area contributed by atoms with Crippen LogP contribution in [-0.4, -0.2) is 6.04 Å². The Morgan fingerprint density at radius 2 is 1.82 bits per heavy atom. The standard InChI is InChI=1S/C16H29N/c1-2-11-4-6-16(17)15(7-11)10-14-9-12-3-5-13(14)8-12/h11-16H,2-10,17H2,1H3. The molecule has 0 aromatic heterocycles. The molecule has 0 amide bonds. The molecule has 0 saturated heterocycles. The van der Waals surface area contributed by atoms with Crippen LogP contribution in [0, 0.1) is 29.6 Å². The van der Waals surface area contributed by atoms with E-state index in [9.17, 15) is 0 Å². The van der Waals surface area contributed by atoms with E-state index >= 15 is 0 Å². The van der Waals surface area contributed by atoms with Crippen molar-refractivity contribution in [2.45, 2.75) is 70.8 Å². The molecule has 3 saturated carbocycles. The molecular formula is C16H29N. The first-order chi connectivity index (χ1) is 8.26. The Balaban J connectivity index is 1.56. The van der Waals surface area contributed by atoms with Crippen molar-refractivity contribution in [3.05, 3.63) is 0 Å². The van der Waals surface area contributed by atoms with Gasteiger partial charge in [0.2, 0.25) is 0 Å². The highest BCUT2D eigenvalue weighted by molar-refractivity contribution is 4.93. The smallest absolute Gasteiger partial charge is 0.00674 e. The molecule has 3 aliphatic rings. The number of hydrogen-bond donors (Lipinski definition) is 1. The van der Waals surface area contributed by atoms with Crippen LogP contribution in [0.15, 0.2) is 0 Å². The summed E-state index contributed by atoms with van der Waals surface area (Å²) in [6.07, 6.45) is 13.2.